The Morgan fingerprint density at radius 3 is 2.59 bits per heavy atom. The number of alkyl carbamates (subject to hydrolysis) is 1. The van der Waals surface area contributed by atoms with E-state index in [4.69, 9.17) is 14.2 Å². The third-order valence-corrected chi connectivity index (χ3v) is 8.98. The average molecular weight is 595 g/mol. The highest BCUT2D eigenvalue weighted by molar-refractivity contribution is 7.99. The normalized spacial score (nSPS) is 22.3. The number of carbonyl (C=O) groups is 2. The van der Waals surface area contributed by atoms with Crippen LogP contribution in [-0.4, -0.2) is 81.8 Å². The number of thioether (sulfide) groups is 1. The van der Waals surface area contributed by atoms with E-state index in [1.54, 1.807) is 12.4 Å². The maximum absolute atomic E-state index is 12.5. The topological polar surface area (TPSA) is 123 Å². The SMILES string of the molecule is CCCCC(CC)COC(=O)CCSc1cnc(C(O)N2CCC3(CC2)CO[C@@H](C)[C@H]3NC(=O)OC(C)(C)C)cn1. The number of ether oxygens (including phenoxy) is 3. The van der Waals surface area contributed by atoms with Crippen LogP contribution >= 0.6 is 11.8 Å². The minimum Gasteiger partial charge on any atom is -0.465 e. The van der Waals surface area contributed by atoms with Gasteiger partial charge in [-0.05, 0) is 52.9 Å². The third-order valence-electron chi connectivity index (χ3n) is 8.07. The second-order valence-electron chi connectivity index (χ2n) is 12.4. The van der Waals surface area contributed by atoms with Gasteiger partial charge < -0.3 is 24.6 Å². The Hall–Kier alpha value is -1.95. The van der Waals surface area contributed by atoms with Crippen molar-refractivity contribution in [3.8, 4) is 0 Å². The Balaban J connectivity index is 1.44. The van der Waals surface area contributed by atoms with Crippen LogP contribution in [0.25, 0.3) is 0 Å². The predicted octanol–water partition coefficient (Wildman–Crippen LogP) is 5.10. The molecule has 0 aromatic carbocycles. The molecule has 2 unspecified atom stereocenters. The molecule has 11 heteroatoms. The minimum absolute atomic E-state index is 0.115. The van der Waals surface area contributed by atoms with Crippen molar-refractivity contribution >= 4 is 23.8 Å². The summed E-state index contributed by atoms with van der Waals surface area (Å²) in [7, 11) is 0. The first-order valence-electron chi connectivity index (χ1n) is 15.1. The van der Waals surface area contributed by atoms with Crippen LogP contribution in [-0.2, 0) is 19.0 Å². The van der Waals surface area contributed by atoms with Crippen LogP contribution in [0.5, 0.6) is 0 Å². The Morgan fingerprint density at radius 2 is 1.98 bits per heavy atom. The number of likely N-dealkylation sites (tertiary alicyclic amines) is 1. The lowest BCUT2D eigenvalue weighted by molar-refractivity contribution is -0.144. The predicted molar refractivity (Wildman–Crippen MR) is 158 cm³/mol. The van der Waals surface area contributed by atoms with E-state index in [-0.39, 0.29) is 23.5 Å². The number of hydrogen-bond donors (Lipinski definition) is 2. The van der Waals surface area contributed by atoms with E-state index in [9.17, 15) is 14.7 Å². The first kappa shape index (κ1) is 33.6. The molecule has 0 radical (unpaired) electrons. The Labute approximate surface area is 249 Å². The number of nitrogens with one attached hydrogen (secondary N) is 1. The molecule has 3 rings (SSSR count). The van der Waals surface area contributed by atoms with Gasteiger partial charge in [0.2, 0.25) is 0 Å². The summed E-state index contributed by atoms with van der Waals surface area (Å²) in [5, 5.41) is 14.8. The second kappa shape index (κ2) is 15.5. The number of aliphatic hydroxyl groups is 1. The van der Waals surface area contributed by atoms with Crippen LogP contribution in [0.3, 0.4) is 0 Å². The van der Waals surface area contributed by atoms with Crippen LogP contribution in [0.4, 0.5) is 4.79 Å². The standard InChI is InChI=1S/C30H50N4O6S/c1-7-9-10-22(8-2)19-38-25(35)11-16-41-24-18-31-23(17-32-24)27(36)34-14-12-30(13-15-34)20-39-21(3)26(30)33-28(37)40-29(4,5)6/h17-18,21-22,26-27,36H,7-16,19-20H2,1-6H3,(H,33,37)/t21-,22?,26+,27?/m0/s1. The lowest BCUT2D eigenvalue weighted by Crippen LogP contribution is -2.55. The Morgan fingerprint density at radius 1 is 1.24 bits per heavy atom. The highest BCUT2D eigenvalue weighted by atomic mass is 32.2. The van der Waals surface area contributed by atoms with E-state index in [0.717, 1.165) is 38.5 Å². The van der Waals surface area contributed by atoms with Gasteiger partial charge in [-0.1, -0.05) is 33.1 Å². The molecular formula is C30H50N4O6S. The van der Waals surface area contributed by atoms with E-state index in [2.05, 4.69) is 29.1 Å². The zero-order chi connectivity index (χ0) is 30.0. The molecule has 1 aromatic rings. The van der Waals surface area contributed by atoms with Gasteiger partial charge in [-0.25, -0.2) is 9.78 Å². The van der Waals surface area contributed by atoms with Gasteiger partial charge >= 0.3 is 12.1 Å². The smallest absolute Gasteiger partial charge is 0.407 e. The van der Waals surface area contributed by atoms with Crippen LogP contribution in [0, 0.1) is 11.3 Å². The lowest BCUT2D eigenvalue weighted by Gasteiger charge is -2.43. The van der Waals surface area contributed by atoms with E-state index in [0.29, 0.717) is 55.1 Å². The van der Waals surface area contributed by atoms with E-state index in [1.165, 1.54) is 11.8 Å². The Bertz CT molecular complexity index is 965. The van der Waals surface area contributed by atoms with Crippen LogP contribution < -0.4 is 5.32 Å². The fourth-order valence-corrected chi connectivity index (χ4v) is 6.23. The first-order valence-corrected chi connectivity index (χ1v) is 16.1. The molecule has 0 bridgehead atoms. The summed E-state index contributed by atoms with van der Waals surface area (Å²) in [5.74, 6) is 0.821. The van der Waals surface area contributed by atoms with Gasteiger partial charge in [-0.2, -0.15) is 0 Å². The van der Waals surface area contributed by atoms with Crippen LogP contribution in [0.15, 0.2) is 17.4 Å². The van der Waals surface area contributed by atoms with Gasteiger partial charge in [-0.3, -0.25) is 14.7 Å². The summed E-state index contributed by atoms with van der Waals surface area (Å²) in [5.41, 5.74) is -0.283. The summed E-state index contributed by atoms with van der Waals surface area (Å²) in [4.78, 5) is 35.5. The summed E-state index contributed by atoms with van der Waals surface area (Å²) < 4.78 is 16.9. The van der Waals surface area contributed by atoms with Crippen molar-refractivity contribution in [1.29, 1.82) is 0 Å². The van der Waals surface area contributed by atoms with Gasteiger partial charge in [0.15, 0.2) is 6.23 Å². The molecule has 2 saturated heterocycles. The first-order chi connectivity index (χ1) is 19.5. The van der Waals surface area contributed by atoms with Gasteiger partial charge in [0, 0.05) is 24.3 Å². The monoisotopic (exact) mass is 594 g/mol. The number of hydrogen-bond acceptors (Lipinski definition) is 10. The molecule has 10 nitrogen and oxygen atoms in total. The van der Waals surface area contributed by atoms with Crippen molar-refractivity contribution in [3.63, 3.8) is 0 Å². The zero-order valence-corrected chi connectivity index (χ0v) is 26.5. The third kappa shape index (κ3) is 10.1. The molecule has 2 N–H and O–H groups in total. The highest BCUT2D eigenvalue weighted by Crippen LogP contribution is 2.43. The average Bonchev–Trinajstić information content (AvgIpc) is 3.22. The fourth-order valence-electron chi connectivity index (χ4n) is 5.50. The highest BCUT2D eigenvalue weighted by Gasteiger charge is 2.51. The number of aromatic nitrogens is 2. The maximum Gasteiger partial charge on any atom is 0.407 e. The Kier molecular flexibility index (Phi) is 12.7. The van der Waals surface area contributed by atoms with Crippen LogP contribution in [0.1, 0.15) is 98.4 Å². The summed E-state index contributed by atoms with van der Waals surface area (Å²) in [6.45, 7) is 14.2. The number of rotatable bonds is 13. The quantitative estimate of drug-likeness (QED) is 0.235. The van der Waals surface area contributed by atoms with Crippen molar-refractivity contribution in [2.75, 3.05) is 32.1 Å². The number of nitrogens with zero attached hydrogens (tertiary/aromatic N) is 3. The fraction of sp³-hybridized carbons (Fsp3) is 0.800. The molecule has 0 aliphatic carbocycles. The van der Waals surface area contributed by atoms with Crippen LogP contribution in [0.2, 0.25) is 0 Å². The number of aliphatic hydroxyl groups excluding tert-OH is 1. The molecule has 2 aliphatic rings. The van der Waals surface area contributed by atoms with Crippen molar-refractivity contribution in [1.82, 2.24) is 20.2 Å². The summed E-state index contributed by atoms with van der Waals surface area (Å²) in [6, 6.07) is -0.154. The molecule has 4 atom stereocenters. The van der Waals surface area contributed by atoms with E-state index < -0.39 is 17.9 Å². The van der Waals surface area contributed by atoms with Crippen molar-refractivity contribution in [2.24, 2.45) is 11.3 Å². The number of carbonyl (C=O) groups excluding carboxylic acids is 2. The van der Waals surface area contributed by atoms with Crippen molar-refractivity contribution in [2.45, 2.75) is 115 Å². The van der Waals surface area contributed by atoms with E-state index in [1.807, 2.05) is 32.6 Å². The molecule has 0 saturated carbocycles. The minimum atomic E-state index is -0.870. The zero-order valence-electron chi connectivity index (χ0n) is 25.7. The summed E-state index contributed by atoms with van der Waals surface area (Å²) in [6.07, 6.45) is 8.12. The molecule has 1 spiro atoms. The molecule has 3 heterocycles. The molecular weight excluding hydrogens is 544 g/mol. The number of esters is 1. The molecule has 2 fully saturated rings. The van der Waals surface area contributed by atoms with Crippen molar-refractivity contribution < 1.29 is 28.9 Å². The van der Waals surface area contributed by atoms with E-state index >= 15 is 0 Å². The summed E-state index contributed by atoms with van der Waals surface area (Å²) >= 11 is 1.45. The largest absolute Gasteiger partial charge is 0.465 e. The van der Waals surface area contributed by atoms with Gasteiger partial charge in [0.25, 0.3) is 0 Å². The van der Waals surface area contributed by atoms with Crippen molar-refractivity contribution in [3.05, 3.63) is 18.1 Å². The number of amides is 1. The maximum atomic E-state index is 12.5. The molecule has 1 aromatic heterocycles. The molecule has 2 aliphatic heterocycles. The van der Waals surface area contributed by atoms with Gasteiger partial charge in [0.05, 0.1) is 44.2 Å². The molecule has 1 amide bonds. The van der Waals surface area contributed by atoms with Gasteiger partial charge in [-0.15, -0.1) is 11.8 Å². The lowest BCUT2D eigenvalue weighted by atomic mass is 9.73. The molecule has 41 heavy (non-hydrogen) atoms. The second-order valence-corrected chi connectivity index (χ2v) is 13.5. The number of piperidine rings is 1. The number of unbranched alkanes of at least 4 members (excludes halogenated alkanes) is 1. The van der Waals surface area contributed by atoms with Gasteiger partial charge in [0.1, 0.15) is 16.3 Å². The molecule has 232 valence electrons.